The zero-order valence-corrected chi connectivity index (χ0v) is 13.0. The van der Waals surface area contributed by atoms with Gasteiger partial charge in [0.15, 0.2) is 0 Å². The lowest BCUT2D eigenvalue weighted by atomic mass is 9.83. The van der Waals surface area contributed by atoms with Crippen molar-refractivity contribution in [2.75, 3.05) is 13.1 Å². The minimum absolute atomic E-state index is 0.0785. The van der Waals surface area contributed by atoms with Crippen molar-refractivity contribution in [1.82, 2.24) is 9.47 Å². The van der Waals surface area contributed by atoms with Gasteiger partial charge in [0.25, 0.3) is 5.56 Å². The summed E-state index contributed by atoms with van der Waals surface area (Å²) in [5, 5.41) is 0. The van der Waals surface area contributed by atoms with E-state index in [1.165, 1.54) is 0 Å². The number of likely N-dealkylation sites (tertiary alicyclic amines) is 1. The highest BCUT2D eigenvalue weighted by Crippen LogP contribution is 2.35. The summed E-state index contributed by atoms with van der Waals surface area (Å²) in [4.78, 5) is 26.5. The predicted octanol–water partition coefficient (Wildman–Crippen LogP) is 2.02. The Labute approximate surface area is 134 Å². The second kappa shape index (κ2) is 5.72. The first-order valence-electron chi connectivity index (χ1n) is 8.20. The fourth-order valence-corrected chi connectivity index (χ4v) is 3.94. The molecule has 2 atom stereocenters. The van der Waals surface area contributed by atoms with Gasteiger partial charge in [0.1, 0.15) is 5.76 Å². The number of piperidine rings is 1. The third kappa shape index (κ3) is 2.71. The molecular formula is C18H20N2O3. The van der Waals surface area contributed by atoms with Crippen LogP contribution in [-0.2, 0) is 17.8 Å². The molecule has 2 bridgehead atoms. The fraction of sp³-hybridized carbons (Fsp3) is 0.444. The van der Waals surface area contributed by atoms with E-state index in [0.29, 0.717) is 18.8 Å². The predicted molar refractivity (Wildman–Crippen MR) is 85.2 cm³/mol. The minimum Gasteiger partial charge on any atom is -0.469 e. The summed E-state index contributed by atoms with van der Waals surface area (Å²) >= 11 is 0. The number of furan rings is 1. The van der Waals surface area contributed by atoms with Crippen LogP contribution >= 0.6 is 0 Å². The minimum atomic E-state index is 0.0785. The van der Waals surface area contributed by atoms with Crippen LogP contribution in [0.2, 0.25) is 0 Å². The first-order chi connectivity index (χ1) is 11.2. The van der Waals surface area contributed by atoms with Gasteiger partial charge >= 0.3 is 0 Å². The molecule has 4 heterocycles. The molecule has 2 aliphatic heterocycles. The molecule has 0 aromatic carbocycles. The molecule has 120 valence electrons. The van der Waals surface area contributed by atoms with E-state index in [0.717, 1.165) is 37.5 Å². The van der Waals surface area contributed by atoms with Gasteiger partial charge in [-0.3, -0.25) is 9.59 Å². The topological polar surface area (TPSA) is 55.5 Å². The molecule has 0 N–H and O–H groups in total. The van der Waals surface area contributed by atoms with Crippen molar-refractivity contribution in [2.45, 2.75) is 31.7 Å². The monoisotopic (exact) mass is 312 g/mol. The SMILES string of the molecule is O=C(CCc1ccco1)N1CC2CC(C1)c1cccc(=O)n1C2. The molecule has 2 unspecified atom stereocenters. The van der Waals surface area contributed by atoms with Crippen LogP contribution in [-0.4, -0.2) is 28.5 Å². The van der Waals surface area contributed by atoms with Gasteiger partial charge in [-0.25, -0.2) is 0 Å². The Hall–Kier alpha value is -2.30. The van der Waals surface area contributed by atoms with Gasteiger partial charge in [-0.1, -0.05) is 6.07 Å². The Balaban J connectivity index is 1.47. The zero-order chi connectivity index (χ0) is 15.8. The molecule has 1 amide bonds. The Morgan fingerprint density at radius 1 is 1.17 bits per heavy atom. The standard InChI is InChI=1S/C18H20N2O3/c21-17(7-6-15-3-2-8-23-15)19-10-13-9-14(12-19)16-4-1-5-18(22)20(16)11-13/h1-5,8,13-14H,6-7,9-12H2. The molecule has 23 heavy (non-hydrogen) atoms. The maximum Gasteiger partial charge on any atom is 0.250 e. The number of aromatic nitrogens is 1. The molecule has 5 heteroatoms. The molecule has 2 aromatic heterocycles. The first kappa shape index (κ1) is 14.3. The van der Waals surface area contributed by atoms with Crippen LogP contribution in [0.5, 0.6) is 0 Å². The molecule has 1 saturated heterocycles. The van der Waals surface area contributed by atoms with Crippen molar-refractivity contribution in [3.05, 3.63) is 58.4 Å². The molecule has 2 aliphatic rings. The van der Waals surface area contributed by atoms with E-state index >= 15 is 0 Å². The van der Waals surface area contributed by atoms with Gasteiger partial charge in [-0.2, -0.15) is 0 Å². The average Bonchev–Trinajstić information content (AvgIpc) is 3.07. The lowest BCUT2D eigenvalue weighted by Gasteiger charge is -2.42. The number of fused-ring (bicyclic) bond motifs is 4. The number of amides is 1. The number of carbonyl (C=O) groups is 1. The number of hydrogen-bond acceptors (Lipinski definition) is 3. The number of pyridine rings is 1. The summed E-state index contributed by atoms with van der Waals surface area (Å²) in [5.41, 5.74) is 1.16. The highest BCUT2D eigenvalue weighted by Gasteiger charge is 2.35. The van der Waals surface area contributed by atoms with E-state index in [1.54, 1.807) is 12.3 Å². The van der Waals surface area contributed by atoms with Crippen molar-refractivity contribution in [3.8, 4) is 0 Å². The molecule has 0 aliphatic carbocycles. The Kier molecular flexibility index (Phi) is 3.56. The molecular weight excluding hydrogens is 292 g/mol. The third-order valence-electron chi connectivity index (χ3n) is 5.00. The zero-order valence-electron chi connectivity index (χ0n) is 13.0. The molecule has 1 fully saturated rings. The van der Waals surface area contributed by atoms with Crippen molar-refractivity contribution in [2.24, 2.45) is 5.92 Å². The number of aryl methyl sites for hydroxylation is 1. The van der Waals surface area contributed by atoms with E-state index in [2.05, 4.69) is 0 Å². The van der Waals surface area contributed by atoms with Gasteiger partial charge in [0.05, 0.1) is 6.26 Å². The summed E-state index contributed by atoms with van der Waals surface area (Å²) in [6, 6.07) is 9.22. The van der Waals surface area contributed by atoms with Gasteiger partial charge in [0.2, 0.25) is 5.91 Å². The summed E-state index contributed by atoms with van der Waals surface area (Å²) in [7, 11) is 0. The smallest absolute Gasteiger partial charge is 0.250 e. The number of carbonyl (C=O) groups excluding carboxylic acids is 1. The number of nitrogens with zero attached hydrogens (tertiary/aromatic N) is 2. The van der Waals surface area contributed by atoms with Crippen LogP contribution in [0.25, 0.3) is 0 Å². The first-order valence-corrected chi connectivity index (χ1v) is 8.20. The summed E-state index contributed by atoms with van der Waals surface area (Å²) < 4.78 is 7.19. The van der Waals surface area contributed by atoms with E-state index in [-0.39, 0.29) is 17.4 Å². The van der Waals surface area contributed by atoms with Crippen LogP contribution < -0.4 is 5.56 Å². The third-order valence-corrected chi connectivity index (χ3v) is 5.00. The molecule has 2 aromatic rings. The van der Waals surface area contributed by atoms with Crippen molar-refractivity contribution in [3.63, 3.8) is 0 Å². The van der Waals surface area contributed by atoms with Crippen LogP contribution in [0, 0.1) is 5.92 Å². The average molecular weight is 312 g/mol. The van der Waals surface area contributed by atoms with Gasteiger partial charge in [-0.15, -0.1) is 0 Å². The lowest BCUT2D eigenvalue weighted by molar-refractivity contribution is -0.134. The van der Waals surface area contributed by atoms with Crippen LogP contribution in [0.3, 0.4) is 0 Å². The van der Waals surface area contributed by atoms with Crippen molar-refractivity contribution >= 4 is 5.91 Å². The normalized spacial score (nSPS) is 22.7. The Morgan fingerprint density at radius 2 is 2.09 bits per heavy atom. The maximum absolute atomic E-state index is 12.5. The summed E-state index contributed by atoms with van der Waals surface area (Å²) in [6.45, 7) is 2.21. The van der Waals surface area contributed by atoms with Crippen molar-refractivity contribution < 1.29 is 9.21 Å². The van der Waals surface area contributed by atoms with Gasteiger partial charge in [0, 0.05) is 50.2 Å². The number of hydrogen-bond donors (Lipinski definition) is 0. The maximum atomic E-state index is 12.5. The van der Waals surface area contributed by atoms with E-state index in [4.69, 9.17) is 4.42 Å². The summed E-state index contributed by atoms with van der Waals surface area (Å²) in [5.74, 6) is 1.70. The lowest BCUT2D eigenvalue weighted by Crippen LogP contribution is -2.49. The van der Waals surface area contributed by atoms with Crippen LogP contribution in [0.4, 0.5) is 0 Å². The molecule has 0 saturated carbocycles. The van der Waals surface area contributed by atoms with Crippen LogP contribution in [0.15, 0.2) is 45.8 Å². The molecule has 0 radical (unpaired) electrons. The quantitative estimate of drug-likeness (QED) is 0.871. The van der Waals surface area contributed by atoms with E-state index in [1.807, 2.05) is 33.7 Å². The molecule has 0 spiro atoms. The van der Waals surface area contributed by atoms with Crippen LogP contribution in [0.1, 0.15) is 30.2 Å². The second-order valence-electron chi connectivity index (χ2n) is 6.58. The fourth-order valence-electron chi connectivity index (χ4n) is 3.94. The number of rotatable bonds is 3. The second-order valence-corrected chi connectivity index (χ2v) is 6.58. The van der Waals surface area contributed by atoms with Gasteiger partial charge in [-0.05, 0) is 30.5 Å². The Morgan fingerprint density at radius 3 is 2.91 bits per heavy atom. The van der Waals surface area contributed by atoms with Crippen molar-refractivity contribution in [1.29, 1.82) is 0 Å². The Bertz CT molecular complexity index is 763. The largest absolute Gasteiger partial charge is 0.469 e. The highest BCUT2D eigenvalue weighted by molar-refractivity contribution is 5.76. The highest BCUT2D eigenvalue weighted by atomic mass is 16.3. The molecule has 5 nitrogen and oxygen atoms in total. The van der Waals surface area contributed by atoms with E-state index < -0.39 is 0 Å². The van der Waals surface area contributed by atoms with E-state index in [9.17, 15) is 9.59 Å². The van der Waals surface area contributed by atoms with Gasteiger partial charge < -0.3 is 13.9 Å². The molecule has 4 rings (SSSR count). The summed E-state index contributed by atoms with van der Waals surface area (Å²) in [6.07, 6.45) is 3.84.